The molecule has 134 valence electrons. The van der Waals surface area contributed by atoms with Gasteiger partial charge in [0, 0.05) is 31.2 Å². The van der Waals surface area contributed by atoms with Crippen molar-refractivity contribution in [3.63, 3.8) is 0 Å². The Balaban J connectivity index is 2.04. The van der Waals surface area contributed by atoms with Crippen molar-refractivity contribution in [2.75, 3.05) is 30.3 Å². The number of amides is 1. The molecule has 0 radical (unpaired) electrons. The largest absolute Gasteiger partial charge is 0.312 e. The highest BCUT2D eigenvalue weighted by atomic mass is 32.2. The third-order valence-corrected chi connectivity index (χ3v) is 6.63. The van der Waals surface area contributed by atoms with Crippen LogP contribution in [0, 0.1) is 12.8 Å². The van der Waals surface area contributed by atoms with E-state index in [0.29, 0.717) is 38.9 Å². The number of hydrogen-bond acceptors (Lipinski definition) is 3. The van der Waals surface area contributed by atoms with Crippen LogP contribution in [0.4, 0.5) is 5.69 Å². The predicted molar refractivity (Wildman–Crippen MR) is 97.6 cm³/mol. The number of aryl methyl sites for hydroxylation is 1. The van der Waals surface area contributed by atoms with Crippen molar-refractivity contribution in [1.82, 2.24) is 4.31 Å². The Bertz CT molecular complexity index is 665. The van der Waals surface area contributed by atoms with Crippen LogP contribution >= 0.6 is 0 Å². The van der Waals surface area contributed by atoms with Crippen molar-refractivity contribution < 1.29 is 13.2 Å². The van der Waals surface area contributed by atoms with Gasteiger partial charge < -0.3 is 4.90 Å². The number of benzene rings is 1. The normalized spacial score (nSPS) is 17.0. The maximum Gasteiger partial charge on any atom is 0.230 e. The van der Waals surface area contributed by atoms with Gasteiger partial charge in [-0.05, 0) is 50.8 Å². The van der Waals surface area contributed by atoms with Gasteiger partial charge in [-0.2, -0.15) is 0 Å². The fraction of sp³-hybridized carbons (Fsp3) is 0.611. The molecular weight excluding hydrogens is 324 g/mol. The molecule has 0 aliphatic carbocycles. The first kappa shape index (κ1) is 18.9. The molecule has 0 bridgehead atoms. The van der Waals surface area contributed by atoms with Gasteiger partial charge in [0.2, 0.25) is 15.9 Å². The maximum absolute atomic E-state index is 12.9. The predicted octanol–water partition coefficient (Wildman–Crippen LogP) is 2.80. The van der Waals surface area contributed by atoms with E-state index < -0.39 is 10.0 Å². The Morgan fingerprint density at radius 3 is 2.46 bits per heavy atom. The number of carbonyl (C=O) groups excluding carboxylic acids is 1. The maximum atomic E-state index is 12.9. The number of carbonyl (C=O) groups is 1. The molecule has 0 atom stereocenters. The lowest BCUT2D eigenvalue weighted by Gasteiger charge is -2.33. The summed E-state index contributed by atoms with van der Waals surface area (Å²) in [4.78, 5) is 14.7. The van der Waals surface area contributed by atoms with E-state index in [1.165, 1.54) is 0 Å². The highest BCUT2D eigenvalue weighted by molar-refractivity contribution is 7.89. The summed E-state index contributed by atoms with van der Waals surface area (Å²) in [6.45, 7) is 7.37. The molecule has 1 saturated heterocycles. The van der Waals surface area contributed by atoms with Gasteiger partial charge in [-0.25, -0.2) is 12.7 Å². The molecule has 1 fully saturated rings. The Labute approximate surface area is 145 Å². The average molecular weight is 353 g/mol. The molecule has 1 aliphatic rings. The molecular formula is C18H28N2O3S. The van der Waals surface area contributed by atoms with Crippen LogP contribution in [0.25, 0.3) is 0 Å². The Morgan fingerprint density at radius 1 is 1.25 bits per heavy atom. The summed E-state index contributed by atoms with van der Waals surface area (Å²) in [5.41, 5.74) is 2.04. The molecule has 6 heteroatoms. The molecule has 1 heterocycles. The van der Waals surface area contributed by atoms with Gasteiger partial charge in [0.05, 0.1) is 5.75 Å². The number of rotatable bonds is 6. The molecule has 0 aromatic heterocycles. The van der Waals surface area contributed by atoms with Crippen molar-refractivity contribution in [1.29, 1.82) is 0 Å². The molecule has 0 saturated carbocycles. The zero-order valence-electron chi connectivity index (χ0n) is 14.9. The van der Waals surface area contributed by atoms with Crippen LogP contribution in [-0.4, -0.2) is 44.0 Å². The summed E-state index contributed by atoms with van der Waals surface area (Å²) in [5.74, 6) is 0.199. The van der Waals surface area contributed by atoms with Crippen molar-refractivity contribution in [3.05, 3.63) is 29.8 Å². The fourth-order valence-corrected chi connectivity index (χ4v) is 4.79. The van der Waals surface area contributed by atoms with E-state index >= 15 is 0 Å². The van der Waals surface area contributed by atoms with Gasteiger partial charge in [-0.15, -0.1) is 0 Å². The van der Waals surface area contributed by atoms with Gasteiger partial charge in [-0.3, -0.25) is 4.79 Å². The van der Waals surface area contributed by atoms with Crippen LogP contribution in [0.2, 0.25) is 0 Å². The van der Waals surface area contributed by atoms with Gasteiger partial charge >= 0.3 is 0 Å². The van der Waals surface area contributed by atoms with Gasteiger partial charge in [0.25, 0.3) is 0 Å². The standard InChI is InChI=1S/C18H28N2O3S/c1-4-13-24(22,23)19-11-9-16(10-12-19)18(21)20(5-2)17-8-6-7-15(3)14-17/h6-8,14,16H,4-5,9-13H2,1-3H3. The first-order valence-corrected chi connectivity index (χ1v) is 10.4. The van der Waals surface area contributed by atoms with Gasteiger partial charge in [0.1, 0.15) is 0 Å². The van der Waals surface area contributed by atoms with E-state index in [-0.39, 0.29) is 17.6 Å². The fourth-order valence-electron chi connectivity index (χ4n) is 3.25. The second kappa shape index (κ2) is 8.12. The second-order valence-corrected chi connectivity index (χ2v) is 8.50. The number of hydrogen-bond donors (Lipinski definition) is 0. The number of nitrogens with zero attached hydrogens (tertiary/aromatic N) is 2. The molecule has 5 nitrogen and oxygen atoms in total. The van der Waals surface area contributed by atoms with Crippen molar-refractivity contribution in [2.24, 2.45) is 5.92 Å². The van der Waals surface area contributed by atoms with Crippen molar-refractivity contribution in [2.45, 2.75) is 40.0 Å². The molecule has 0 N–H and O–H groups in total. The van der Waals surface area contributed by atoms with Gasteiger partial charge in [-0.1, -0.05) is 19.1 Å². The molecule has 0 spiro atoms. The molecule has 0 unspecified atom stereocenters. The van der Waals surface area contributed by atoms with Crippen LogP contribution in [0.3, 0.4) is 0 Å². The van der Waals surface area contributed by atoms with Crippen LogP contribution in [0.5, 0.6) is 0 Å². The smallest absolute Gasteiger partial charge is 0.230 e. The average Bonchev–Trinajstić information content (AvgIpc) is 2.55. The summed E-state index contributed by atoms with van der Waals surface area (Å²) >= 11 is 0. The first-order chi connectivity index (χ1) is 11.4. The lowest BCUT2D eigenvalue weighted by Crippen LogP contribution is -2.45. The Hall–Kier alpha value is -1.40. The highest BCUT2D eigenvalue weighted by Gasteiger charge is 2.32. The zero-order chi connectivity index (χ0) is 17.7. The topological polar surface area (TPSA) is 57.7 Å². The zero-order valence-corrected chi connectivity index (χ0v) is 15.7. The van der Waals surface area contributed by atoms with Gasteiger partial charge in [0.15, 0.2) is 0 Å². The second-order valence-electron chi connectivity index (χ2n) is 6.41. The molecule has 1 aromatic carbocycles. The van der Waals surface area contributed by atoms with Crippen molar-refractivity contribution in [3.8, 4) is 0 Å². The minimum Gasteiger partial charge on any atom is -0.312 e. The number of piperidine rings is 1. The summed E-state index contributed by atoms with van der Waals surface area (Å²) < 4.78 is 25.8. The van der Waals surface area contributed by atoms with E-state index in [2.05, 4.69) is 0 Å². The van der Waals surface area contributed by atoms with Crippen LogP contribution in [0.15, 0.2) is 24.3 Å². The lowest BCUT2D eigenvalue weighted by molar-refractivity contribution is -0.123. The number of anilines is 1. The minimum atomic E-state index is -3.16. The lowest BCUT2D eigenvalue weighted by atomic mass is 9.96. The van der Waals surface area contributed by atoms with E-state index in [0.717, 1.165) is 11.3 Å². The molecule has 2 rings (SSSR count). The SMILES string of the molecule is CCCS(=O)(=O)N1CCC(C(=O)N(CC)c2cccc(C)c2)CC1. The van der Waals surface area contributed by atoms with Crippen molar-refractivity contribution >= 4 is 21.6 Å². The van der Waals surface area contributed by atoms with E-state index in [1.807, 2.05) is 49.9 Å². The third kappa shape index (κ3) is 4.36. The molecule has 1 amide bonds. The van der Waals surface area contributed by atoms with E-state index in [4.69, 9.17) is 0 Å². The summed E-state index contributed by atoms with van der Waals surface area (Å²) in [7, 11) is -3.16. The van der Waals surface area contributed by atoms with Crippen LogP contribution in [-0.2, 0) is 14.8 Å². The van der Waals surface area contributed by atoms with Crippen LogP contribution in [0.1, 0.15) is 38.7 Å². The summed E-state index contributed by atoms with van der Waals surface area (Å²) in [6.07, 6.45) is 1.83. The minimum absolute atomic E-state index is 0.0986. The third-order valence-electron chi connectivity index (χ3n) is 4.55. The first-order valence-electron chi connectivity index (χ1n) is 8.75. The quantitative estimate of drug-likeness (QED) is 0.791. The molecule has 24 heavy (non-hydrogen) atoms. The highest BCUT2D eigenvalue weighted by Crippen LogP contribution is 2.25. The number of sulfonamides is 1. The van der Waals surface area contributed by atoms with E-state index in [1.54, 1.807) is 4.31 Å². The summed E-state index contributed by atoms with van der Waals surface area (Å²) in [5, 5.41) is 0. The monoisotopic (exact) mass is 352 g/mol. The summed E-state index contributed by atoms with van der Waals surface area (Å²) in [6, 6.07) is 7.94. The Kier molecular flexibility index (Phi) is 6.40. The Morgan fingerprint density at radius 2 is 1.92 bits per heavy atom. The van der Waals surface area contributed by atoms with Crippen LogP contribution < -0.4 is 4.90 Å². The van der Waals surface area contributed by atoms with E-state index in [9.17, 15) is 13.2 Å². The molecule has 1 aromatic rings. The molecule has 1 aliphatic heterocycles.